The minimum absolute atomic E-state index is 0.0662. The molecule has 2 aromatic rings. The number of amides is 1. The second-order valence-corrected chi connectivity index (χ2v) is 6.76. The number of likely N-dealkylation sites (tertiary alicyclic amines) is 1. The number of hydrogen-bond acceptors (Lipinski definition) is 6. The number of carbonyl (C=O) groups is 1. The number of aromatic nitrogens is 2. The molecule has 0 radical (unpaired) electrons. The zero-order valence-corrected chi connectivity index (χ0v) is 15.1. The highest BCUT2D eigenvalue weighted by molar-refractivity contribution is 5.94. The van der Waals surface area contributed by atoms with E-state index < -0.39 is 0 Å². The highest BCUT2D eigenvalue weighted by Gasteiger charge is 2.33. The molecule has 0 N–H and O–H groups in total. The Bertz CT molecular complexity index is 726. The Morgan fingerprint density at radius 3 is 2.60 bits per heavy atom. The summed E-state index contributed by atoms with van der Waals surface area (Å²) in [7, 11) is 4.12. The maximum atomic E-state index is 12.7. The summed E-state index contributed by atoms with van der Waals surface area (Å²) >= 11 is 0. The van der Waals surface area contributed by atoms with E-state index in [0.29, 0.717) is 35.0 Å². The summed E-state index contributed by atoms with van der Waals surface area (Å²) in [6.07, 6.45) is 0. The molecule has 7 nitrogen and oxygen atoms in total. The fourth-order valence-electron chi connectivity index (χ4n) is 3.21. The second kappa shape index (κ2) is 7.23. The Morgan fingerprint density at radius 1 is 1.32 bits per heavy atom. The fraction of sp³-hybridized carbons (Fsp3) is 0.500. The molecule has 134 valence electrons. The van der Waals surface area contributed by atoms with Gasteiger partial charge in [0.25, 0.3) is 5.91 Å². The number of carbonyl (C=O) groups excluding carboxylic acids is 1. The van der Waals surface area contributed by atoms with Crippen LogP contribution < -0.4 is 4.74 Å². The van der Waals surface area contributed by atoms with Crippen molar-refractivity contribution in [2.24, 2.45) is 5.92 Å². The number of hydrogen-bond donors (Lipinski definition) is 0. The average molecular weight is 344 g/mol. The first-order valence-corrected chi connectivity index (χ1v) is 8.42. The molecular formula is C18H24N4O3. The fourth-order valence-corrected chi connectivity index (χ4v) is 3.21. The van der Waals surface area contributed by atoms with Crippen LogP contribution in [0.3, 0.4) is 0 Å². The summed E-state index contributed by atoms with van der Waals surface area (Å²) in [5, 5.41) is 3.78. The first-order valence-electron chi connectivity index (χ1n) is 8.42. The largest absolute Gasteiger partial charge is 0.485 e. The van der Waals surface area contributed by atoms with Crippen LogP contribution >= 0.6 is 0 Å². The van der Waals surface area contributed by atoms with Crippen molar-refractivity contribution in [3.63, 3.8) is 0 Å². The molecule has 0 saturated carbocycles. The van der Waals surface area contributed by atoms with Gasteiger partial charge in [-0.1, -0.05) is 12.1 Å². The minimum atomic E-state index is 0.0662. The van der Waals surface area contributed by atoms with Gasteiger partial charge in [-0.15, -0.1) is 0 Å². The van der Waals surface area contributed by atoms with Crippen molar-refractivity contribution < 1.29 is 14.1 Å². The number of rotatable bonds is 5. The third-order valence-corrected chi connectivity index (χ3v) is 4.56. The maximum Gasteiger partial charge on any atom is 0.253 e. The zero-order chi connectivity index (χ0) is 18.0. The van der Waals surface area contributed by atoms with Crippen LogP contribution in [-0.2, 0) is 6.61 Å². The monoisotopic (exact) mass is 344 g/mol. The van der Waals surface area contributed by atoms with E-state index in [4.69, 9.17) is 9.26 Å². The lowest BCUT2D eigenvalue weighted by Crippen LogP contribution is -2.35. The summed E-state index contributed by atoms with van der Waals surface area (Å²) in [6, 6.07) is 7.59. The van der Waals surface area contributed by atoms with Gasteiger partial charge in [0.05, 0.1) is 0 Å². The molecule has 1 aliphatic heterocycles. The normalized spacial score (nSPS) is 20.3. The van der Waals surface area contributed by atoms with Crippen molar-refractivity contribution in [3.8, 4) is 5.75 Å². The van der Waals surface area contributed by atoms with Gasteiger partial charge in [-0.3, -0.25) is 4.79 Å². The molecule has 1 aromatic carbocycles. The molecule has 0 unspecified atom stereocenters. The molecule has 3 rings (SSSR count). The van der Waals surface area contributed by atoms with Gasteiger partial charge < -0.3 is 19.1 Å². The van der Waals surface area contributed by atoms with Crippen LogP contribution in [-0.4, -0.2) is 59.1 Å². The van der Waals surface area contributed by atoms with E-state index in [0.717, 1.165) is 13.1 Å². The maximum absolute atomic E-state index is 12.7. The number of ether oxygens (including phenoxy) is 1. The van der Waals surface area contributed by atoms with Crippen LogP contribution in [0.4, 0.5) is 0 Å². The van der Waals surface area contributed by atoms with Crippen LogP contribution in [0.25, 0.3) is 0 Å². The topological polar surface area (TPSA) is 71.7 Å². The molecule has 1 aliphatic rings. The third kappa shape index (κ3) is 3.99. The number of aryl methyl sites for hydroxylation is 1. The van der Waals surface area contributed by atoms with E-state index in [-0.39, 0.29) is 12.5 Å². The molecular weight excluding hydrogens is 320 g/mol. The lowest BCUT2D eigenvalue weighted by Gasteiger charge is -2.22. The molecule has 1 aromatic heterocycles. The van der Waals surface area contributed by atoms with Crippen LogP contribution in [0.15, 0.2) is 28.8 Å². The number of benzene rings is 1. The summed E-state index contributed by atoms with van der Waals surface area (Å²) in [5.74, 6) is 2.21. The molecule has 1 amide bonds. The smallest absolute Gasteiger partial charge is 0.253 e. The lowest BCUT2D eigenvalue weighted by molar-refractivity contribution is 0.0781. The Hall–Kier alpha value is -2.41. The van der Waals surface area contributed by atoms with E-state index in [1.165, 1.54) is 0 Å². The van der Waals surface area contributed by atoms with Gasteiger partial charge in [0.1, 0.15) is 5.75 Å². The van der Waals surface area contributed by atoms with Crippen molar-refractivity contribution in [1.29, 1.82) is 0 Å². The average Bonchev–Trinajstić information content (AvgIpc) is 3.18. The molecule has 7 heteroatoms. The molecule has 1 saturated heterocycles. The van der Waals surface area contributed by atoms with Crippen molar-refractivity contribution in [1.82, 2.24) is 19.9 Å². The first kappa shape index (κ1) is 17.4. The Morgan fingerprint density at radius 2 is 2.04 bits per heavy atom. The van der Waals surface area contributed by atoms with E-state index >= 15 is 0 Å². The van der Waals surface area contributed by atoms with Gasteiger partial charge >= 0.3 is 0 Å². The van der Waals surface area contributed by atoms with Gasteiger partial charge in [0.2, 0.25) is 11.7 Å². The summed E-state index contributed by atoms with van der Waals surface area (Å²) < 4.78 is 10.5. The van der Waals surface area contributed by atoms with E-state index in [2.05, 4.69) is 36.1 Å². The Balaban J connectivity index is 1.59. The quantitative estimate of drug-likeness (QED) is 0.826. The summed E-state index contributed by atoms with van der Waals surface area (Å²) in [5.41, 5.74) is 0.675. The molecule has 0 bridgehead atoms. The molecule has 0 spiro atoms. The number of nitrogens with zero attached hydrogens (tertiary/aromatic N) is 4. The highest BCUT2D eigenvalue weighted by atomic mass is 16.5. The standard InChI is InChI=1S/C18H24N4O3/c1-12-9-22(10-16(12)21(3)4)18(23)14-5-7-15(8-6-14)24-11-17-19-13(2)25-20-17/h5-8,12,16H,9-11H2,1-4H3/t12-,16+/m0/s1. The van der Waals surface area contributed by atoms with Crippen LogP contribution in [0, 0.1) is 12.8 Å². The van der Waals surface area contributed by atoms with Crippen LogP contribution in [0.1, 0.15) is 29.0 Å². The highest BCUT2D eigenvalue weighted by Crippen LogP contribution is 2.23. The SMILES string of the molecule is Cc1nc(COc2ccc(C(=O)N3C[C@@H](N(C)C)[C@@H](C)C3)cc2)no1. The van der Waals surface area contributed by atoms with Crippen molar-refractivity contribution in [2.45, 2.75) is 26.5 Å². The molecule has 2 atom stereocenters. The van der Waals surface area contributed by atoms with Crippen molar-refractivity contribution >= 4 is 5.91 Å². The van der Waals surface area contributed by atoms with Crippen molar-refractivity contribution in [3.05, 3.63) is 41.5 Å². The third-order valence-electron chi connectivity index (χ3n) is 4.56. The molecule has 1 fully saturated rings. The lowest BCUT2D eigenvalue weighted by atomic mass is 10.1. The molecule has 25 heavy (non-hydrogen) atoms. The van der Waals surface area contributed by atoms with Gasteiger partial charge in [-0.05, 0) is 44.3 Å². The van der Waals surface area contributed by atoms with Gasteiger partial charge in [0.15, 0.2) is 6.61 Å². The van der Waals surface area contributed by atoms with Gasteiger partial charge in [0, 0.05) is 31.6 Å². The minimum Gasteiger partial charge on any atom is -0.485 e. The van der Waals surface area contributed by atoms with E-state index in [1.807, 2.05) is 4.90 Å². The van der Waals surface area contributed by atoms with E-state index in [9.17, 15) is 4.79 Å². The summed E-state index contributed by atoms with van der Waals surface area (Å²) in [6.45, 7) is 5.71. The predicted molar refractivity (Wildman–Crippen MR) is 92.4 cm³/mol. The molecule has 0 aliphatic carbocycles. The zero-order valence-electron chi connectivity index (χ0n) is 15.1. The van der Waals surface area contributed by atoms with E-state index in [1.54, 1.807) is 31.2 Å². The molecule has 2 heterocycles. The van der Waals surface area contributed by atoms with Crippen molar-refractivity contribution in [2.75, 3.05) is 27.2 Å². The second-order valence-electron chi connectivity index (χ2n) is 6.76. The Kier molecular flexibility index (Phi) is 5.03. The van der Waals surface area contributed by atoms with Gasteiger partial charge in [-0.2, -0.15) is 4.98 Å². The predicted octanol–water partition coefficient (Wildman–Crippen LogP) is 1.98. The van der Waals surface area contributed by atoms with Crippen LogP contribution in [0.2, 0.25) is 0 Å². The van der Waals surface area contributed by atoms with Crippen LogP contribution in [0.5, 0.6) is 5.75 Å². The number of likely N-dealkylation sites (N-methyl/N-ethyl adjacent to an activating group) is 1. The first-order chi connectivity index (χ1) is 11.9. The summed E-state index contributed by atoms with van der Waals surface area (Å²) in [4.78, 5) is 20.9. The Labute approximate surface area is 147 Å². The van der Waals surface area contributed by atoms with Gasteiger partial charge in [-0.25, -0.2) is 0 Å².